The third-order valence-corrected chi connectivity index (χ3v) is 7.48. The van der Waals surface area contributed by atoms with E-state index in [2.05, 4.69) is 5.32 Å². The van der Waals surface area contributed by atoms with E-state index >= 15 is 0 Å². The molecule has 5 nitrogen and oxygen atoms in total. The molecule has 0 bridgehead atoms. The average molecular weight is 519 g/mol. The number of methoxy groups -OCH3 is 1. The summed E-state index contributed by atoms with van der Waals surface area (Å²) < 4.78 is 19.9. The van der Waals surface area contributed by atoms with Gasteiger partial charge in [-0.15, -0.1) is 0 Å². The van der Waals surface area contributed by atoms with Gasteiger partial charge in [-0.1, -0.05) is 54.6 Å². The summed E-state index contributed by atoms with van der Waals surface area (Å²) in [5.41, 5.74) is 4.65. The molecule has 1 aliphatic heterocycles. The van der Waals surface area contributed by atoms with Gasteiger partial charge in [0.05, 0.1) is 24.5 Å². The molecular weight excluding hydrogens is 491 g/mol. The van der Waals surface area contributed by atoms with Gasteiger partial charge in [0, 0.05) is 23.3 Å². The lowest BCUT2D eigenvalue weighted by Gasteiger charge is -2.35. The number of hydrogen-bond donors (Lipinski definition) is 1. The summed E-state index contributed by atoms with van der Waals surface area (Å²) in [7, 11) is 1.62. The second-order valence-electron chi connectivity index (χ2n) is 9.83. The smallest absolute Gasteiger partial charge is 0.259 e. The van der Waals surface area contributed by atoms with Crippen molar-refractivity contribution < 1.29 is 18.7 Å². The van der Waals surface area contributed by atoms with Crippen molar-refractivity contribution in [3.05, 3.63) is 137 Å². The minimum Gasteiger partial charge on any atom is -0.497 e. The Bertz CT molecular complexity index is 1580. The number of nitrogens with one attached hydrogen (secondary N) is 1. The van der Waals surface area contributed by atoms with Crippen molar-refractivity contribution >= 4 is 23.1 Å². The van der Waals surface area contributed by atoms with Gasteiger partial charge >= 0.3 is 0 Å². The Hall–Kier alpha value is -4.71. The molecule has 0 fully saturated rings. The Morgan fingerprint density at radius 2 is 1.62 bits per heavy atom. The van der Waals surface area contributed by atoms with Crippen molar-refractivity contribution in [3.63, 3.8) is 0 Å². The van der Waals surface area contributed by atoms with Crippen LogP contribution in [0.15, 0.2) is 114 Å². The molecule has 194 valence electrons. The Labute approximate surface area is 226 Å². The molecule has 2 atom stereocenters. The number of fused-ring (bicyclic) bond motifs is 1. The number of nitrogens with zero attached hydrogens (tertiary/aromatic N) is 1. The van der Waals surface area contributed by atoms with Gasteiger partial charge in [0.15, 0.2) is 5.78 Å². The highest BCUT2D eigenvalue weighted by Gasteiger charge is 2.42. The molecule has 39 heavy (non-hydrogen) atoms. The predicted molar refractivity (Wildman–Crippen MR) is 149 cm³/mol. The van der Waals surface area contributed by atoms with Gasteiger partial charge in [-0.2, -0.15) is 0 Å². The minimum atomic E-state index is -0.802. The minimum absolute atomic E-state index is 0.0497. The molecule has 1 amide bonds. The second-order valence-corrected chi connectivity index (χ2v) is 9.83. The number of ether oxygens (including phenoxy) is 1. The average Bonchev–Trinajstić information content (AvgIpc) is 3.12. The van der Waals surface area contributed by atoms with Crippen LogP contribution in [0.25, 0.3) is 0 Å². The summed E-state index contributed by atoms with van der Waals surface area (Å²) in [6, 6.07) is 29.6. The lowest BCUT2D eigenvalue weighted by atomic mass is 9.78. The van der Waals surface area contributed by atoms with Gasteiger partial charge in [0.25, 0.3) is 5.91 Å². The van der Waals surface area contributed by atoms with Crippen LogP contribution < -0.4 is 15.0 Å². The molecule has 6 heteroatoms. The van der Waals surface area contributed by atoms with Crippen LogP contribution >= 0.6 is 0 Å². The Morgan fingerprint density at radius 1 is 0.872 bits per heavy atom. The maximum Gasteiger partial charge on any atom is 0.259 e. The number of carbonyl (C=O) groups is 2. The summed E-state index contributed by atoms with van der Waals surface area (Å²) in [6.45, 7) is 0. The first-order chi connectivity index (χ1) is 19.0. The zero-order valence-electron chi connectivity index (χ0n) is 21.4. The van der Waals surface area contributed by atoms with Crippen molar-refractivity contribution in [1.29, 1.82) is 0 Å². The summed E-state index contributed by atoms with van der Waals surface area (Å²) in [4.78, 5) is 29.9. The molecule has 4 aromatic rings. The molecule has 6 rings (SSSR count). The summed E-state index contributed by atoms with van der Waals surface area (Å²) in [5, 5.41) is 3.51. The molecule has 0 unspecified atom stereocenters. The molecule has 2 aliphatic rings. The van der Waals surface area contributed by atoms with E-state index < -0.39 is 11.9 Å². The molecule has 1 aliphatic carbocycles. The lowest BCUT2D eigenvalue weighted by molar-refractivity contribution is -0.116. The highest BCUT2D eigenvalue weighted by Crippen LogP contribution is 2.48. The third kappa shape index (κ3) is 4.59. The number of carbonyl (C=O) groups excluding carboxylic acids is 2. The number of anilines is 2. The summed E-state index contributed by atoms with van der Waals surface area (Å²) >= 11 is 0. The van der Waals surface area contributed by atoms with E-state index in [-0.39, 0.29) is 24.0 Å². The topological polar surface area (TPSA) is 58.6 Å². The lowest BCUT2D eigenvalue weighted by Crippen LogP contribution is -2.38. The Morgan fingerprint density at radius 3 is 2.36 bits per heavy atom. The van der Waals surface area contributed by atoms with Gasteiger partial charge in [-0.25, -0.2) is 4.39 Å². The van der Waals surface area contributed by atoms with Gasteiger partial charge < -0.3 is 10.1 Å². The number of para-hydroxylation sites is 2. The molecule has 1 N–H and O–H groups in total. The molecular formula is C33H27FN2O3. The van der Waals surface area contributed by atoms with Crippen molar-refractivity contribution in [3.8, 4) is 5.75 Å². The first kappa shape index (κ1) is 24.6. The summed E-state index contributed by atoms with van der Waals surface area (Å²) in [5.74, 6) is -0.0584. The quantitative estimate of drug-likeness (QED) is 0.315. The molecule has 1 heterocycles. The standard InChI is InChI=1S/C33H27FN2O3/c1-39-26-16-14-21(15-17-26)24-19-28-31(30(37)20-24)32(23-10-7-11-25(34)18-23)36(29-13-6-5-12-27(29)35-28)33(38)22-8-3-2-4-9-22/h2-18,24,32,35H,19-20H2,1H3/t24-,32-/m1/s1. The first-order valence-electron chi connectivity index (χ1n) is 12.9. The third-order valence-electron chi connectivity index (χ3n) is 7.48. The van der Waals surface area contributed by atoms with Gasteiger partial charge in [-0.3, -0.25) is 14.5 Å². The first-order valence-corrected chi connectivity index (χ1v) is 12.9. The number of amides is 1. The monoisotopic (exact) mass is 518 g/mol. The van der Waals surface area contributed by atoms with E-state index in [1.165, 1.54) is 12.1 Å². The Kier molecular flexibility index (Phi) is 6.45. The van der Waals surface area contributed by atoms with Crippen molar-refractivity contribution in [1.82, 2.24) is 0 Å². The van der Waals surface area contributed by atoms with Crippen LogP contribution in [0.4, 0.5) is 15.8 Å². The SMILES string of the molecule is COc1ccc([C@H]2CC(=O)C3=C(C2)Nc2ccccc2N(C(=O)c2ccccc2)[C@@H]3c2cccc(F)c2)cc1. The van der Waals surface area contributed by atoms with Gasteiger partial charge in [-0.05, 0) is 72.0 Å². The van der Waals surface area contributed by atoms with E-state index in [0.717, 1.165) is 22.7 Å². The largest absolute Gasteiger partial charge is 0.497 e. The summed E-state index contributed by atoms with van der Waals surface area (Å²) in [6.07, 6.45) is 0.850. The van der Waals surface area contributed by atoms with Crippen LogP contribution in [0, 0.1) is 5.82 Å². The second kappa shape index (κ2) is 10.2. The number of allylic oxidation sites excluding steroid dienone is 1. The molecule has 0 saturated heterocycles. The van der Waals surface area contributed by atoms with Crippen LogP contribution in [0.1, 0.15) is 46.3 Å². The number of ketones is 1. The van der Waals surface area contributed by atoms with Crippen LogP contribution in [0.5, 0.6) is 5.75 Å². The van der Waals surface area contributed by atoms with Crippen molar-refractivity contribution in [2.45, 2.75) is 24.8 Å². The number of benzene rings is 4. The number of halogens is 1. The van der Waals surface area contributed by atoms with E-state index in [1.54, 1.807) is 36.3 Å². The van der Waals surface area contributed by atoms with E-state index in [9.17, 15) is 14.0 Å². The van der Waals surface area contributed by atoms with Crippen LogP contribution in [0.3, 0.4) is 0 Å². The van der Waals surface area contributed by atoms with Gasteiger partial charge in [0.2, 0.25) is 0 Å². The number of rotatable bonds is 4. The molecule has 0 aromatic heterocycles. The normalized spacial score (nSPS) is 18.5. The fourth-order valence-electron chi connectivity index (χ4n) is 5.64. The fraction of sp³-hybridized carbons (Fsp3) is 0.152. The van der Waals surface area contributed by atoms with Crippen molar-refractivity contribution in [2.75, 3.05) is 17.3 Å². The van der Waals surface area contributed by atoms with Crippen LogP contribution in [-0.4, -0.2) is 18.8 Å². The molecule has 0 saturated carbocycles. The van der Waals surface area contributed by atoms with E-state index in [0.29, 0.717) is 28.8 Å². The predicted octanol–water partition coefficient (Wildman–Crippen LogP) is 7.05. The highest BCUT2D eigenvalue weighted by molar-refractivity contribution is 6.12. The van der Waals surface area contributed by atoms with Crippen LogP contribution in [-0.2, 0) is 4.79 Å². The van der Waals surface area contributed by atoms with Gasteiger partial charge in [0.1, 0.15) is 11.6 Å². The maximum atomic E-state index is 14.6. The van der Waals surface area contributed by atoms with Crippen molar-refractivity contribution in [2.24, 2.45) is 0 Å². The highest BCUT2D eigenvalue weighted by atomic mass is 19.1. The number of hydrogen-bond acceptors (Lipinski definition) is 4. The zero-order chi connectivity index (χ0) is 26.9. The van der Waals surface area contributed by atoms with E-state index in [1.807, 2.05) is 66.7 Å². The zero-order valence-corrected chi connectivity index (χ0v) is 21.4. The molecule has 0 spiro atoms. The fourth-order valence-corrected chi connectivity index (χ4v) is 5.64. The Balaban J connectivity index is 1.54. The molecule has 4 aromatic carbocycles. The van der Waals surface area contributed by atoms with E-state index in [4.69, 9.17) is 4.74 Å². The maximum absolute atomic E-state index is 14.6. The number of Topliss-reactive ketones (excluding diaryl/α,β-unsaturated/α-hetero) is 1. The van der Waals surface area contributed by atoms with Crippen LogP contribution in [0.2, 0.25) is 0 Å². The molecule has 0 radical (unpaired) electrons.